The molecular weight excluding hydrogens is 308 g/mol. The Morgan fingerprint density at radius 2 is 1.89 bits per heavy atom. The molecule has 1 aromatic heterocycles. The number of rotatable bonds is 3. The summed E-state index contributed by atoms with van der Waals surface area (Å²) < 4.78 is 12.6. The minimum absolute atomic E-state index is 0.188. The van der Waals surface area contributed by atoms with Crippen LogP contribution in [-0.2, 0) is 4.74 Å². The molecule has 19 heavy (non-hydrogen) atoms. The average Bonchev–Trinajstić information content (AvgIpc) is 3.09. The lowest BCUT2D eigenvalue weighted by Crippen LogP contribution is -2.35. The summed E-state index contributed by atoms with van der Waals surface area (Å²) in [6.45, 7) is 4.19. The van der Waals surface area contributed by atoms with Crippen molar-refractivity contribution in [3.05, 3.63) is 16.5 Å². The number of halogens is 1. The smallest absolute Gasteiger partial charge is 0.218 e. The number of aromatic nitrogens is 2. The summed E-state index contributed by atoms with van der Waals surface area (Å²) in [6.07, 6.45) is 4.93. The first-order chi connectivity index (χ1) is 9.10. The average molecular weight is 327 g/mol. The van der Waals surface area contributed by atoms with Crippen LogP contribution in [0.25, 0.3) is 0 Å². The normalized spacial score (nSPS) is 31.2. The van der Waals surface area contributed by atoms with Gasteiger partial charge in [0, 0.05) is 24.8 Å². The van der Waals surface area contributed by atoms with E-state index in [1.807, 2.05) is 6.07 Å². The molecule has 0 spiro atoms. The van der Waals surface area contributed by atoms with Crippen molar-refractivity contribution in [2.24, 2.45) is 0 Å². The molecule has 1 saturated heterocycles. The van der Waals surface area contributed by atoms with Gasteiger partial charge in [0.05, 0.1) is 12.2 Å². The van der Waals surface area contributed by atoms with Crippen molar-refractivity contribution < 1.29 is 9.47 Å². The van der Waals surface area contributed by atoms with Gasteiger partial charge < -0.3 is 9.47 Å². The number of nitrogens with zero attached hydrogens (tertiary/aromatic N) is 2. The Morgan fingerprint density at radius 3 is 2.53 bits per heavy atom. The van der Waals surface area contributed by atoms with Gasteiger partial charge >= 0.3 is 0 Å². The van der Waals surface area contributed by atoms with Crippen LogP contribution in [0.3, 0.4) is 0 Å². The summed E-state index contributed by atoms with van der Waals surface area (Å²) in [5.41, 5.74) is 0. The molecule has 0 bridgehead atoms. The Morgan fingerprint density at radius 1 is 1.21 bits per heavy atom. The van der Waals surface area contributed by atoms with Crippen molar-refractivity contribution in [2.45, 2.75) is 63.8 Å². The van der Waals surface area contributed by atoms with Crippen molar-refractivity contribution in [3.8, 4) is 5.88 Å². The maximum absolute atomic E-state index is 6.03. The van der Waals surface area contributed by atoms with Gasteiger partial charge in [-0.05, 0) is 42.6 Å². The molecule has 1 saturated carbocycles. The molecule has 1 aliphatic carbocycles. The van der Waals surface area contributed by atoms with E-state index in [-0.39, 0.29) is 18.3 Å². The molecule has 4 nitrogen and oxygen atoms in total. The topological polar surface area (TPSA) is 44.2 Å². The first-order valence-corrected chi connectivity index (χ1v) is 7.76. The fourth-order valence-electron chi connectivity index (χ4n) is 2.61. The SMILES string of the molecule is CC1CC(Oc2cc(Br)nc(C3CC3)n2)CC(C)O1. The lowest BCUT2D eigenvalue weighted by molar-refractivity contribution is -0.0730. The van der Waals surface area contributed by atoms with Gasteiger partial charge in [0.1, 0.15) is 16.5 Å². The molecule has 2 fully saturated rings. The van der Waals surface area contributed by atoms with Crippen molar-refractivity contribution >= 4 is 15.9 Å². The zero-order valence-corrected chi connectivity index (χ0v) is 12.9. The third kappa shape index (κ3) is 3.45. The van der Waals surface area contributed by atoms with E-state index in [4.69, 9.17) is 9.47 Å². The predicted molar refractivity (Wildman–Crippen MR) is 75.4 cm³/mol. The molecule has 3 rings (SSSR count). The van der Waals surface area contributed by atoms with Gasteiger partial charge in [-0.1, -0.05) is 0 Å². The van der Waals surface area contributed by atoms with Gasteiger partial charge in [0.25, 0.3) is 0 Å². The highest BCUT2D eigenvalue weighted by Crippen LogP contribution is 2.39. The Bertz CT molecular complexity index is 455. The zero-order valence-electron chi connectivity index (χ0n) is 11.3. The van der Waals surface area contributed by atoms with Crippen LogP contribution in [0, 0.1) is 0 Å². The van der Waals surface area contributed by atoms with E-state index < -0.39 is 0 Å². The lowest BCUT2D eigenvalue weighted by Gasteiger charge is -2.31. The maximum atomic E-state index is 6.03. The summed E-state index contributed by atoms with van der Waals surface area (Å²) in [4.78, 5) is 8.96. The van der Waals surface area contributed by atoms with E-state index in [0.717, 1.165) is 23.3 Å². The van der Waals surface area contributed by atoms with Gasteiger partial charge in [0.2, 0.25) is 5.88 Å². The first kappa shape index (κ1) is 13.3. The summed E-state index contributed by atoms with van der Waals surface area (Å²) in [7, 11) is 0. The highest BCUT2D eigenvalue weighted by atomic mass is 79.9. The Balaban J connectivity index is 1.71. The van der Waals surface area contributed by atoms with E-state index in [9.17, 15) is 0 Å². The summed E-state index contributed by atoms with van der Waals surface area (Å²) in [5, 5.41) is 0. The minimum atomic E-state index is 0.188. The third-order valence-corrected chi connectivity index (χ3v) is 3.98. The zero-order chi connectivity index (χ0) is 13.4. The predicted octanol–water partition coefficient (Wildman–Crippen LogP) is 3.45. The quantitative estimate of drug-likeness (QED) is 0.798. The molecule has 104 valence electrons. The second-order valence-electron chi connectivity index (χ2n) is 5.63. The molecule has 0 amide bonds. The molecule has 2 unspecified atom stereocenters. The molecule has 5 heteroatoms. The van der Waals surface area contributed by atoms with Crippen molar-refractivity contribution in [1.82, 2.24) is 9.97 Å². The van der Waals surface area contributed by atoms with E-state index >= 15 is 0 Å². The van der Waals surface area contributed by atoms with Crippen LogP contribution < -0.4 is 4.74 Å². The number of hydrogen-bond acceptors (Lipinski definition) is 4. The Hall–Kier alpha value is -0.680. The van der Waals surface area contributed by atoms with Crippen LogP contribution in [0.4, 0.5) is 0 Å². The standard InChI is InChI=1S/C14H19BrN2O2/c1-8-5-11(6-9(2)18-8)19-13-7-12(15)16-14(17-13)10-3-4-10/h7-11H,3-6H2,1-2H3. The first-order valence-electron chi connectivity index (χ1n) is 6.96. The molecule has 2 atom stereocenters. The van der Waals surface area contributed by atoms with Gasteiger partial charge in [-0.3, -0.25) is 0 Å². The highest BCUT2D eigenvalue weighted by molar-refractivity contribution is 9.10. The van der Waals surface area contributed by atoms with E-state index in [1.165, 1.54) is 12.8 Å². The van der Waals surface area contributed by atoms with Crippen LogP contribution >= 0.6 is 15.9 Å². The molecule has 2 heterocycles. The number of ether oxygens (including phenoxy) is 2. The minimum Gasteiger partial charge on any atom is -0.474 e. The molecule has 0 aromatic carbocycles. The van der Waals surface area contributed by atoms with Gasteiger partial charge in [0.15, 0.2) is 0 Å². The second kappa shape index (κ2) is 5.37. The summed E-state index contributed by atoms with van der Waals surface area (Å²) in [6, 6.07) is 1.86. The molecule has 0 radical (unpaired) electrons. The molecule has 0 N–H and O–H groups in total. The van der Waals surface area contributed by atoms with Crippen LogP contribution in [0.2, 0.25) is 0 Å². The van der Waals surface area contributed by atoms with Gasteiger partial charge in [-0.25, -0.2) is 4.98 Å². The highest BCUT2D eigenvalue weighted by Gasteiger charge is 2.29. The number of hydrogen-bond donors (Lipinski definition) is 0. The summed E-state index contributed by atoms with van der Waals surface area (Å²) >= 11 is 3.44. The van der Waals surface area contributed by atoms with Crippen molar-refractivity contribution in [1.29, 1.82) is 0 Å². The summed E-state index contributed by atoms with van der Waals surface area (Å²) in [5.74, 6) is 2.14. The van der Waals surface area contributed by atoms with Crippen LogP contribution in [0.1, 0.15) is 51.3 Å². The Labute approximate surface area is 122 Å². The van der Waals surface area contributed by atoms with Gasteiger partial charge in [-0.15, -0.1) is 0 Å². The fourth-order valence-corrected chi connectivity index (χ4v) is 2.99. The molecular formula is C14H19BrN2O2. The largest absolute Gasteiger partial charge is 0.474 e. The second-order valence-corrected chi connectivity index (χ2v) is 6.44. The molecule has 1 aliphatic heterocycles. The molecule has 1 aromatic rings. The van der Waals surface area contributed by atoms with Crippen molar-refractivity contribution in [3.63, 3.8) is 0 Å². The van der Waals surface area contributed by atoms with Crippen molar-refractivity contribution in [2.75, 3.05) is 0 Å². The van der Waals surface area contributed by atoms with E-state index in [2.05, 4.69) is 39.7 Å². The van der Waals surface area contributed by atoms with E-state index in [1.54, 1.807) is 0 Å². The maximum Gasteiger partial charge on any atom is 0.218 e. The monoisotopic (exact) mass is 326 g/mol. The van der Waals surface area contributed by atoms with Crippen LogP contribution in [0.15, 0.2) is 10.7 Å². The third-order valence-electron chi connectivity index (χ3n) is 3.57. The van der Waals surface area contributed by atoms with E-state index in [0.29, 0.717) is 11.8 Å². The fraction of sp³-hybridized carbons (Fsp3) is 0.714. The molecule has 2 aliphatic rings. The lowest BCUT2D eigenvalue weighted by atomic mass is 10.0. The van der Waals surface area contributed by atoms with Crippen LogP contribution in [-0.4, -0.2) is 28.3 Å². The van der Waals surface area contributed by atoms with Crippen LogP contribution in [0.5, 0.6) is 5.88 Å². The Kier molecular flexibility index (Phi) is 3.76. The van der Waals surface area contributed by atoms with Gasteiger partial charge in [-0.2, -0.15) is 4.98 Å².